The van der Waals surface area contributed by atoms with Crippen LogP contribution in [0.15, 0.2) is 12.2 Å². The quantitative estimate of drug-likeness (QED) is 0.406. The third-order valence-electron chi connectivity index (χ3n) is 8.42. The van der Waals surface area contributed by atoms with E-state index in [-0.39, 0.29) is 0 Å². The zero-order valence-electron chi connectivity index (χ0n) is 18.1. The van der Waals surface area contributed by atoms with Crippen LogP contribution in [-0.2, 0) is 0 Å². The molecule has 0 spiro atoms. The highest BCUT2D eigenvalue weighted by Crippen LogP contribution is 2.45. The predicted molar refractivity (Wildman–Crippen MR) is 116 cm³/mol. The van der Waals surface area contributed by atoms with Gasteiger partial charge in [0.1, 0.15) is 6.17 Å². The van der Waals surface area contributed by atoms with Gasteiger partial charge in [-0.3, -0.25) is 0 Å². The second-order valence-corrected chi connectivity index (χ2v) is 10.1. The molecule has 3 aliphatic rings. The number of hydrogen-bond donors (Lipinski definition) is 0. The maximum atomic E-state index is 13.3. The van der Waals surface area contributed by atoms with E-state index >= 15 is 0 Å². The van der Waals surface area contributed by atoms with Gasteiger partial charge in [0.25, 0.3) is 0 Å². The Labute approximate surface area is 173 Å². The van der Waals surface area contributed by atoms with Gasteiger partial charge in [-0.25, -0.2) is 4.39 Å². The molecule has 0 amide bonds. The summed E-state index contributed by atoms with van der Waals surface area (Å²) in [5, 5.41) is 9.11. The van der Waals surface area contributed by atoms with Crippen molar-refractivity contribution in [2.75, 3.05) is 0 Å². The first-order chi connectivity index (χ1) is 13.7. The molecule has 0 aromatic carbocycles. The summed E-state index contributed by atoms with van der Waals surface area (Å²) >= 11 is 0. The van der Waals surface area contributed by atoms with Gasteiger partial charge in [0.2, 0.25) is 0 Å². The molecule has 0 aliphatic heterocycles. The van der Waals surface area contributed by atoms with Crippen LogP contribution in [0.1, 0.15) is 103 Å². The molecule has 1 nitrogen and oxygen atoms in total. The molecule has 0 bridgehead atoms. The fraction of sp³-hybridized carbons (Fsp3) is 0.885. The van der Waals surface area contributed by atoms with Gasteiger partial charge >= 0.3 is 0 Å². The van der Waals surface area contributed by atoms with Crippen LogP contribution >= 0.6 is 0 Å². The normalized spacial score (nSPS) is 38.2. The highest BCUT2D eigenvalue weighted by atomic mass is 19.1. The van der Waals surface area contributed by atoms with Gasteiger partial charge in [-0.1, -0.05) is 19.1 Å². The summed E-state index contributed by atoms with van der Waals surface area (Å²) < 4.78 is 13.3. The first-order valence-electron chi connectivity index (χ1n) is 12.4. The van der Waals surface area contributed by atoms with E-state index in [1.165, 1.54) is 64.2 Å². The Hall–Kier alpha value is -0.840. The van der Waals surface area contributed by atoms with E-state index in [4.69, 9.17) is 5.26 Å². The van der Waals surface area contributed by atoms with Crippen molar-refractivity contribution in [2.24, 2.45) is 35.5 Å². The monoisotopic (exact) mass is 387 g/mol. The van der Waals surface area contributed by atoms with Crippen LogP contribution in [-0.4, -0.2) is 6.17 Å². The van der Waals surface area contributed by atoms with Crippen LogP contribution < -0.4 is 0 Å². The Morgan fingerprint density at radius 3 is 1.75 bits per heavy atom. The van der Waals surface area contributed by atoms with Gasteiger partial charge in [0.15, 0.2) is 0 Å². The zero-order valence-corrected chi connectivity index (χ0v) is 18.1. The highest BCUT2D eigenvalue weighted by Gasteiger charge is 2.34. The molecule has 3 rings (SSSR count). The molecule has 2 heteroatoms. The number of halogens is 1. The van der Waals surface area contributed by atoms with Crippen LogP contribution in [0.25, 0.3) is 0 Å². The topological polar surface area (TPSA) is 23.8 Å². The van der Waals surface area contributed by atoms with E-state index in [2.05, 4.69) is 18.2 Å². The van der Waals surface area contributed by atoms with Crippen molar-refractivity contribution in [3.05, 3.63) is 12.2 Å². The van der Waals surface area contributed by atoms with Crippen molar-refractivity contribution in [3.63, 3.8) is 0 Å². The number of rotatable bonds is 7. The van der Waals surface area contributed by atoms with Gasteiger partial charge in [-0.05, 0) is 126 Å². The minimum Gasteiger partial charge on any atom is -0.247 e. The Morgan fingerprint density at radius 1 is 0.821 bits per heavy atom. The second kappa shape index (κ2) is 11.4. The zero-order chi connectivity index (χ0) is 19.8. The fourth-order valence-corrected chi connectivity index (χ4v) is 6.39. The summed E-state index contributed by atoms with van der Waals surface area (Å²) in [6, 6.07) is 2.48. The van der Waals surface area contributed by atoms with Crippen molar-refractivity contribution in [2.45, 2.75) is 109 Å². The average Bonchev–Trinajstić information content (AvgIpc) is 2.77. The minimum absolute atomic E-state index is 0.349. The van der Waals surface area contributed by atoms with Gasteiger partial charge in [-0.2, -0.15) is 5.26 Å². The van der Waals surface area contributed by atoms with E-state index in [0.29, 0.717) is 18.8 Å². The van der Waals surface area contributed by atoms with Crippen molar-refractivity contribution < 1.29 is 4.39 Å². The molecular formula is C26H42FN. The maximum absolute atomic E-state index is 13.3. The first-order valence-corrected chi connectivity index (χ1v) is 12.4. The molecule has 0 N–H and O–H groups in total. The number of alkyl halides is 1. The third kappa shape index (κ3) is 6.33. The molecule has 0 heterocycles. The Kier molecular flexibility index (Phi) is 8.88. The molecule has 0 aromatic rings. The number of nitrogens with zero attached hydrogens (tertiary/aromatic N) is 1. The molecule has 0 radical (unpaired) electrons. The van der Waals surface area contributed by atoms with Gasteiger partial charge in [-0.15, -0.1) is 0 Å². The molecule has 0 saturated heterocycles. The lowest BCUT2D eigenvalue weighted by Gasteiger charge is -2.40. The van der Waals surface area contributed by atoms with E-state index in [9.17, 15) is 4.39 Å². The summed E-state index contributed by atoms with van der Waals surface area (Å²) in [4.78, 5) is 0. The van der Waals surface area contributed by atoms with Crippen LogP contribution in [0, 0.1) is 46.8 Å². The molecule has 3 aliphatic carbocycles. The van der Waals surface area contributed by atoms with Crippen LogP contribution in [0.5, 0.6) is 0 Å². The van der Waals surface area contributed by atoms with Crippen LogP contribution in [0.2, 0.25) is 0 Å². The largest absolute Gasteiger partial charge is 0.247 e. The Balaban J connectivity index is 1.32. The lowest BCUT2D eigenvalue weighted by Crippen LogP contribution is -2.29. The van der Waals surface area contributed by atoms with Gasteiger partial charge < -0.3 is 0 Å². The first kappa shape index (κ1) is 21.9. The molecular weight excluding hydrogens is 345 g/mol. The number of allylic oxidation sites excluding steroid dienone is 2. The Morgan fingerprint density at radius 2 is 1.29 bits per heavy atom. The van der Waals surface area contributed by atoms with Crippen molar-refractivity contribution in [1.29, 1.82) is 5.26 Å². The summed E-state index contributed by atoms with van der Waals surface area (Å²) in [7, 11) is 0. The highest BCUT2D eigenvalue weighted by molar-refractivity contribution is 4.94. The molecule has 1 atom stereocenters. The SMILES string of the molecule is CCC(F)CC/C=C/[C@H]1CC[C@H](C2CCC([C@H]3CC[C@H](C#N)CC3)CC2)CC1. The standard InChI is InChI=1S/C26H42FN/c1-2-26(27)6-4-3-5-20-7-11-22(12-8-20)24-15-17-25(18-16-24)23-13-9-21(19-28)10-14-23/h3,5,20-26H,2,4,6-18H2,1H3/b5-3+/t20-,21-,22-,23-,24?,25?,26?. The Bertz CT molecular complexity index is 497. The van der Waals surface area contributed by atoms with Crippen molar-refractivity contribution in [1.82, 2.24) is 0 Å². The molecule has 3 saturated carbocycles. The number of nitriles is 1. The molecule has 28 heavy (non-hydrogen) atoms. The number of hydrogen-bond acceptors (Lipinski definition) is 1. The van der Waals surface area contributed by atoms with E-state index < -0.39 is 6.17 Å². The molecule has 158 valence electrons. The summed E-state index contributed by atoms with van der Waals surface area (Å²) in [6.45, 7) is 1.93. The van der Waals surface area contributed by atoms with E-state index in [1.807, 2.05) is 6.92 Å². The average molecular weight is 388 g/mol. The van der Waals surface area contributed by atoms with Crippen LogP contribution in [0.4, 0.5) is 4.39 Å². The minimum atomic E-state index is -0.614. The third-order valence-corrected chi connectivity index (χ3v) is 8.42. The van der Waals surface area contributed by atoms with Crippen molar-refractivity contribution >= 4 is 0 Å². The van der Waals surface area contributed by atoms with Gasteiger partial charge in [0, 0.05) is 5.92 Å². The smallest absolute Gasteiger partial charge is 0.100 e. The molecule has 1 unspecified atom stereocenters. The summed E-state index contributed by atoms with van der Waals surface area (Å²) in [6.07, 6.45) is 22.6. The fourth-order valence-electron chi connectivity index (χ4n) is 6.39. The lowest BCUT2D eigenvalue weighted by molar-refractivity contribution is 0.113. The maximum Gasteiger partial charge on any atom is 0.100 e. The predicted octanol–water partition coefficient (Wildman–Crippen LogP) is 8.01. The second-order valence-electron chi connectivity index (χ2n) is 10.1. The summed E-state index contributed by atoms with van der Waals surface area (Å²) in [5.74, 6) is 4.92. The molecule has 0 aromatic heterocycles. The lowest BCUT2D eigenvalue weighted by atomic mass is 9.65. The van der Waals surface area contributed by atoms with Crippen LogP contribution in [0.3, 0.4) is 0 Å². The van der Waals surface area contributed by atoms with E-state index in [1.54, 1.807) is 0 Å². The van der Waals surface area contributed by atoms with E-state index in [0.717, 1.165) is 48.9 Å². The van der Waals surface area contributed by atoms with Crippen molar-refractivity contribution in [3.8, 4) is 6.07 Å². The molecule has 3 fully saturated rings. The summed E-state index contributed by atoms with van der Waals surface area (Å²) in [5.41, 5.74) is 0. The van der Waals surface area contributed by atoms with Gasteiger partial charge in [0.05, 0.1) is 6.07 Å².